The summed E-state index contributed by atoms with van der Waals surface area (Å²) in [5.74, 6) is -1.30. The van der Waals surface area contributed by atoms with Gasteiger partial charge in [-0.15, -0.1) is 0 Å². The SMILES string of the molecule is O=C(O)c1c(O)c(Cc2ccccc2Cl)cc2c1NC1=C(CCCC1)C2. The van der Waals surface area contributed by atoms with Gasteiger partial charge in [0.05, 0.1) is 5.69 Å². The average molecular weight is 370 g/mol. The van der Waals surface area contributed by atoms with Crippen molar-refractivity contribution in [2.24, 2.45) is 0 Å². The molecule has 26 heavy (non-hydrogen) atoms. The lowest BCUT2D eigenvalue weighted by molar-refractivity contribution is 0.0694. The Bertz CT molecular complexity index is 933. The second-order valence-corrected chi connectivity index (χ2v) is 7.36. The molecule has 4 nitrogen and oxygen atoms in total. The van der Waals surface area contributed by atoms with Crippen molar-refractivity contribution in [3.05, 3.63) is 68.9 Å². The first-order chi connectivity index (χ1) is 12.5. The number of carboxylic acid groups (broad SMARTS) is 1. The van der Waals surface area contributed by atoms with Gasteiger partial charge in [-0.2, -0.15) is 0 Å². The maximum Gasteiger partial charge on any atom is 0.341 e. The molecule has 3 N–H and O–H groups in total. The molecule has 1 aliphatic heterocycles. The van der Waals surface area contributed by atoms with Gasteiger partial charge in [0.15, 0.2) is 0 Å². The number of phenols is 1. The predicted molar refractivity (Wildman–Crippen MR) is 102 cm³/mol. The van der Waals surface area contributed by atoms with Crippen LogP contribution in [0.1, 0.15) is 52.7 Å². The highest BCUT2D eigenvalue weighted by Crippen LogP contribution is 2.42. The van der Waals surface area contributed by atoms with E-state index in [2.05, 4.69) is 5.32 Å². The van der Waals surface area contributed by atoms with Crippen molar-refractivity contribution in [1.82, 2.24) is 0 Å². The highest BCUT2D eigenvalue weighted by molar-refractivity contribution is 6.31. The maximum atomic E-state index is 11.9. The first kappa shape index (κ1) is 17.0. The van der Waals surface area contributed by atoms with E-state index >= 15 is 0 Å². The van der Waals surface area contributed by atoms with E-state index in [4.69, 9.17) is 11.6 Å². The molecule has 0 spiro atoms. The van der Waals surface area contributed by atoms with Gasteiger partial charge in [0, 0.05) is 17.1 Å². The minimum atomic E-state index is -1.12. The van der Waals surface area contributed by atoms with Gasteiger partial charge in [0.1, 0.15) is 11.3 Å². The molecule has 2 aromatic rings. The Morgan fingerprint density at radius 1 is 1.15 bits per heavy atom. The number of rotatable bonds is 3. The Labute approximate surface area is 157 Å². The number of aromatic carboxylic acids is 1. The lowest BCUT2D eigenvalue weighted by atomic mass is 9.85. The van der Waals surface area contributed by atoms with Crippen molar-refractivity contribution in [3.63, 3.8) is 0 Å². The molecule has 134 valence electrons. The Hall–Kier alpha value is -2.46. The molecule has 0 saturated heterocycles. The summed E-state index contributed by atoms with van der Waals surface area (Å²) in [4.78, 5) is 11.9. The van der Waals surface area contributed by atoms with Gasteiger partial charge in [-0.1, -0.05) is 29.8 Å². The molecule has 4 rings (SSSR count). The largest absolute Gasteiger partial charge is 0.507 e. The zero-order chi connectivity index (χ0) is 18.3. The molecule has 0 fully saturated rings. The third-order valence-electron chi connectivity index (χ3n) is 5.27. The van der Waals surface area contributed by atoms with Crippen molar-refractivity contribution in [2.45, 2.75) is 38.5 Å². The van der Waals surface area contributed by atoms with Crippen LogP contribution in [0.15, 0.2) is 41.6 Å². The number of aromatic hydroxyl groups is 1. The van der Waals surface area contributed by atoms with Gasteiger partial charge < -0.3 is 15.5 Å². The molecular weight excluding hydrogens is 350 g/mol. The van der Waals surface area contributed by atoms with Crippen LogP contribution in [0, 0.1) is 0 Å². The Morgan fingerprint density at radius 2 is 1.92 bits per heavy atom. The fourth-order valence-electron chi connectivity index (χ4n) is 3.96. The van der Waals surface area contributed by atoms with Crippen molar-refractivity contribution < 1.29 is 15.0 Å². The van der Waals surface area contributed by atoms with Crippen molar-refractivity contribution in [3.8, 4) is 5.75 Å². The van der Waals surface area contributed by atoms with E-state index < -0.39 is 5.97 Å². The number of benzene rings is 2. The van der Waals surface area contributed by atoms with Gasteiger partial charge in [-0.3, -0.25) is 0 Å². The first-order valence-corrected chi connectivity index (χ1v) is 9.24. The molecule has 1 aliphatic carbocycles. The lowest BCUT2D eigenvalue weighted by Crippen LogP contribution is -2.19. The van der Waals surface area contributed by atoms with Crippen molar-refractivity contribution >= 4 is 23.3 Å². The zero-order valence-electron chi connectivity index (χ0n) is 14.3. The summed E-state index contributed by atoms with van der Waals surface area (Å²) in [7, 11) is 0. The lowest BCUT2D eigenvalue weighted by Gasteiger charge is -2.30. The molecule has 2 aliphatic rings. The fraction of sp³-hybridized carbons (Fsp3) is 0.286. The molecule has 0 unspecified atom stereocenters. The number of hydrogen-bond donors (Lipinski definition) is 3. The van der Waals surface area contributed by atoms with Crippen molar-refractivity contribution in [2.75, 3.05) is 5.32 Å². The molecule has 0 aromatic heterocycles. The Morgan fingerprint density at radius 3 is 2.69 bits per heavy atom. The summed E-state index contributed by atoms with van der Waals surface area (Å²) in [5, 5.41) is 24.3. The topological polar surface area (TPSA) is 69.6 Å². The predicted octanol–water partition coefficient (Wildman–Crippen LogP) is 5.13. The summed E-state index contributed by atoms with van der Waals surface area (Å²) >= 11 is 6.25. The van der Waals surface area contributed by atoms with Crippen LogP contribution in [-0.2, 0) is 12.8 Å². The molecule has 0 saturated carbocycles. The van der Waals surface area contributed by atoms with Gasteiger partial charge in [-0.25, -0.2) is 4.79 Å². The molecule has 0 atom stereocenters. The minimum absolute atomic E-state index is 0.0401. The van der Waals surface area contributed by atoms with E-state index in [0.29, 0.717) is 22.7 Å². The van der Waals surface area contributed by atoms with E-state index in [0.717, 1.165) is 42.5 Å². The fourth-order valence-corrected chi connectivity index (χ4v) is 4.16. The van der Waals surface area contributed by atoms with Crippen LogP contribution in [0.2, 0.25) is 5.02 Å². The zero-order valence-corrected chi connectivity index (χ0v) is 15.1. The van der Waals surface area contributed by atoms with E-state index in [-0.39, 0.29) is 11.3 Å². The standard InChI is InChI=1S/C21H20ClNO3/c22-16-7-3-1-5-12(16)9-15-11-14-10-13-6-2-4-8-17(13)23-19(14)18(20(15)24)21(25)26/h1,3,5,7,11,23-24H,2,4,6,8-10H2,(H,25,26). The van der Waals surface area contributed by atoms with Gasteiger partial charge >= 0.3 is 5.97 Å². The maximum absolute atomic E-state index is 11.9. The molecular formula is C21H20ClNO3. The second-order valence-electron chi connectivity index (χ2n) is 6.96. The van der Waals surface area contributed by atoms with Crippen LogP contribution in [-0.4, -0.2) is 16.2 Å². The van der Waals surface area contributed by atoms with E-state index in [1.807, 2.05) is 24.3 Å². The highest BCUT2D eigenvalue weighted by atomic mass is 35.5. The summed E-state index contributed by atoms with van der Waals surface area (Å²) in [6.07, 6.45) is 5.41. The minimum Gasteiger partial charge on any atom is -0.507 e. The van der Waals surface area contributed by atoms with E-state index in [9.17, 15) is 15.0 Å². The third kappa shape index (κ3) is 2.95. The van der Waals surface area contributed by atoms with E-state index in [1.54, 1.807) is 6.07 Å². The third-order valence-corrected chi connectivity index (χ3v) is 5.64. The number of fused-ring (bicyclic) bond motifs is 1. The molecule has 5 heteroatoms. The summed E-state index contributed by atoms with van der Waals surface area (Å²) in [6, 6.07) is 9.34. The van der Waals surface area contributed by atoms with E-state index in [1.165, 1.54) is 12.0 Å². The van der Waals surface area contributed by atoms with Crippen molar-refractivity contribution in [1.29, 1.82) is 0 Å². The Balaban J connectivity index is 1.80. The summed E-state index contributed by atoms with van der Waals surface area (Å²) in [5.41, 5.74) is 5.38. The van der Waals surface area contributed by atoms with Crippen LogP contribution in [0.25, 0.3) is 0 Å². The van der Waals surface area contributed by atoms with Gasteiger partial charge in [0.2, 0.25) is 0 Å². The monoisotopic (exact) mass is 369 g/mol. The average Bonchev–Trinajstić information content (AvgIpc) is 2.62. The number of carbonyl (C=O) groups is 1. The van der Waals surface area contributed by atoms with Crippen LogP contribution in [0.3, 0.4) is 0 Å². The van der Waals surface area contributed by atoms with Gasteiger partial charge in [-0.05, 0) is 66.5 Å². The molecule has 1 heterocycles. The molecule has 0 bridgehead atoms. The summed E-state index contributed by atoms with van der Waals surface area (Å²) in [6.45, 7) is 0. The first-order valence-electron chi connectivity index (χ1n) is 8.87. The molecule has 2 aromatic carbocycles. The normalized spacial score (nSPS) is 15.9. The smallest absolute Gasteiger partial charge is 0.341 e. The molecule has 0 amide bonds. The van der Waals surface area contributed by atoms with Crippen LogP contribution in [0.5, 0.6) is 5.75 Å². The number of anilines is 1. The number of allylic oxidation sites excluding steroid dienone is 2. The van der Waals surface area contributed by atoms with Crippen LogP contribution < -0.4 is 5.32 Å². The molecule has 0 radical (unpaired) electrons. The number of carboxylic acids is 1. The quantitative estimate of drug-likeness (QED) is 0.701. The number of hydrogen-bond acceptors (Lipinski definition) is 3. The van der Waals surface area contributed by atoms with Gasteiger partial charge in [0.25, 0.3) is 0 Å². The number of halogens is 1. The van der Waals surface area contributed by atoms with Crippen LogP contribution >= 0.6 is 11.6 Å². The second kappa shape index (κ2) is 6.69. The van der Waals surface area contributed by atoms with Crippen LogP contribution in [0.4, 0.5) is 5.69 Å². The number of nitrogens with one attached hydrogen (secondary N) is 1. The Kier molecular flexibility index (Phi) is 4.37. The summed E-state index contributed by atoms with van der Waals surface area (Å²) < 4.78 is 0. The highest BCUT2D eigenvalue weighted by Gasteiger charge is 2.28.